The molecule has 1 N–H and O–H groups in total. The Kier molecular flexibility index (Phi) is 2.52. The molecule has 4 rings (SSSR count). The normalized spacial score (nSPS) is 15.9. The van der Waals surface area contributed by atoms with E-state index in [0.717, 1.165) is 29.3 Å². The molecular formula is C16H14N4. The highest BCUT2D eigenvalue weighted by atomic mass is 15.5. The summed E-state index contributed by atoms with van der Waals surface area (Å²) in [5.74, 6) is 0.938. The molecule has 20 heavy (non-hydrogen) atoms. The number of benzene rings is 2. The molecule has 0 saturated heterocycles. The molecule has 0 amide bonds. The molecule has 0 saturated carbocycles. The van der Waals surface area contributed by atoms with Gasteiger partial charge in [-0.05, 0) is 17.7 Å². The molecule has 98 valence electrons. The van der Waals surface area contributed by atoms with Crippen LogP contribution < -0.4 is 10.3 Å². The van der Waals surface area contributed by atoms with E-state index in [1.807, 2.05) is 18.2 Å². The van der Waals surface area contributed by atoms with Crippen LogP contribution in [0.3, 0.4) is 0 Å². The van der Waals surface area contributed by atoms with Crippen LogP contribution in [0.4, 0.5) is 11.4 Å². The molecule has 0 radical (unpaired) electrons. The molecule has 0 aromatic heterocycles. The summed E-state index contributed by atoms with van der Waals surface area (Å²) in [7, 11) is 0. The summed E-state index contributed by atoms with van der Waals surface area (Å²) in [5, 5.41) is 4.40. The van der Waals surface area contributed by atoms with E-state index in [9.17, 15) is 0 Å². The molecule has 0 bridgehead atoms. The average Bonchev–Trinajstić information content (AvgIpc) is 2.98. The first-order valence-electron chi connectivity index (χ1n) is 6.71. The second-order valence-electron chi connectivity index (χ2n) is 4.89. The second kappa shape index (κ2) is 4.49. The molecule has 0 spiro atoms. The summed E-state index contributed by atoms with van der Waals surface area (Å²) in [6.07, 6.45) is 0.798. The van der Waals surface area contributed by atoms with Crippen molar-refractivity contribution < 1.29 is 0 Å². The Labute approximate surface area is 117 Å². The molecule has 2 aromatic carbocycles. The number of hydrazone groups is 1. The highest BCUT2D eigenvalue weighted by molar-refractivity contribution is 6.48. The Morgan fingerprint density at radius 2 is 1.80 bits per heavy atom. The highest BCUT2D eigenvalue weighted by Crippen LogP contribution is 2.33. The lowest BCUT2D eigenvalue weighted by Gasteiger charge is -2.26. The number of hydrogen-bond acceptors (Lipinski definition) is 4. The van der Waals surface area contributed by atoms with Crippen molar-refractivity contribution in [3.8, 4) is 0 Å². The monoisotopic (exact) mass is 262 g/mol. The maximum atomic E-state index is 4.79. The van der Waals surface area contributed by atoms with E-state index in [2.05, 4.69) is 51.8 Å². The molecule has 2 aromatic rings. The largest absolute Gasteiger partial charge is 0.302 e. The van der Waals surface area contributed by atoms with Gasteiger partial charge in [0.1, 0.15) is 6.67 Å². The zero-order valence-electron chi connectivity index (χ0n) is 11.0. The van der Waals surface area contributed by atoms with Gasteiger partial charge in [-0.1, -0.05) is 42.5 Å². The summed E-state index contributed by atoms with van der Waals surface area (Å²) in [5.41, 5.74) is 7.45. The van der Waals surface area contributed by atoms with Gasteiger partial charge in [0, 0.05) is 6.42 Å². The lowest BCUT2D eigenvalue weighted by molar-refractivity contribution is 0.807. The van der Waals surface area contributed by atoms with Crippen molar-refractivity contribution in [2.45, 2.75) is 6.42 Å². The predicted octanol–water partition coefficient (Wildman–Crippen LogP) is 2.70. The zero-order valence-corrected chi connectivity index (χ0v) is 11.0. The minimum Gasteiger partial charge on any atom is -0.302 e. The van der Waals surface area contributed by atoms with Gasteiger partial charge in [-0.15, -0.1) is 0 Å². The van der Waals surface area contributed by atoms with Crippen LogP contribution in [0.2, 0.25) is 0 Å². The van der Waals surface area contributed by atoms with Crippen molar-refractivity contribution in [3.05, 3.63) is 60.2 Å². The van der Waals surface area contributed by atoms with Crippen LogP contribution in [0.25, 0.3) is 0 Å². The molecule has 2 aliphatic rings. The fourth-order valence-corrected chi connectivity index (χ4v) is 2.63. The van der Waals surface area contributed by atoms with E-state index in [1.54, 1.807) is 0 Å². The fourth-order valence-electron chi connectivity index (χ4n) is 2.63. The van der Waals surface area contributed by atoms with Crippen molar-refractivity contribution in [2.24, 2.45) is 10.1 Å². The number of rotatable bonds is 2. The minimum absolute atomic E-state index is 0.708. The van der Waals surface area contributed by atoms with Gasteiger partial charge in [0.15, 0.2) is 5.84 Å². The van der Waals surface area contributed by atoms with E-state index in [1.165, 1.54) is 5.56 Å². The average molecular weight is 262 g/mol. The van der Waals surface area contributed by atoms with Crippen LogP contribution in [0.15, 0.2) is 64.7 Å². The van der Waals surface area contributed by atoms with E-state index < -0.39 is 0 Å². The predicted molar refractivity (Wildman–Crippen MR) is 81.6 cm³/mol. The molecule has 2 aliphatic heterocycles. The number of nitrogens with one attached hydrogen (secondary N) is 1. The number of para-hydroxylation sites is 2. The third kappa shape index (κ3) is 1.77. The first-order valence-corrected chi connectivity index (χ1v) is 6.71. The molecular weight excluding hydrogens is 248 g/mol. The summed E-state index contributed by atoms with van der Waals surface area (Å²) >= 11 is 0. The Morgan fingerprint density at radius 1 is 1.00 bits per heavy atom. The van der Waals surface area contributed by atoms with Gasteiger partial charge >= 0.3 is 0 Å². The number of amidine groups is 1. The van der Waals surface area contributed by atoms with Crippen LogP contribution in [0.1, 0.15) is 5.56 Å². The third-order valence-electron chi connectivity index (χ3n) is 3.57. The van der Waals surface area contributed by atoms with Crippen molar-refractivity contribution in [2.75, 3.05) is 11.6 Å². The zero-order chi connectivity index (χ0) is 13.4. The summed E-state index contributed by atoms with van der Waals surface area (Å²) < 4.78 is 0. The van der Waals surface area contributed by atoms with Crippen LogP contribution in [-0.2, 0) is 6.42 Å². The van der Waals surface area contributed by atoms with Gasteiger partial charge in [0.2, 0.25) is 0 Å². The molecule has 4 heteroatoms. The van der Waals surface area contributed by atoms with Gasteiger partial charge in [-0.25, -0.2) is 4.99 Å². The molecule has 0 unspecified atom stereocenters. The van der Waals surface area contributed by atoms with Crippen molar-refractivity contribution in [1.29, 1.82) is 0 Å². The maximum absolute atomic E-state index is 4.79. The molecule has 0 atom stereocenters. The van der Waals surface area contributed by atoms with Gasteiger partial charge in [-0.3, -0.25) is 5.43 Å². The number of aliphatic imine (C=N–C) groups is 1. The number of fused-ring (bicyclic) bond motifs is 3. The number of nitrogens with zero attached hydrogens (tertiary/aromatic N) is 3. The van der Waals surface area contributed by atoms with Gasteiger partial charge in [0.25, 0.3) is 0 Å². The minimum atomic E-state index is 0.708. The van der Waals surface area contributed by atoms with Crippen LogP contribution in [0.5, 0.6) is 0 Å². The first kappa shape index (κ1) is 11.2. The van der Waals surface area contributed by atoms with Gasteiger partial charge in [-0.2, -0.15) is 5.10 Å². The van der Waals surface area contributed by atoms with Crippen LogP contribution in [0, 0.1) is 0 Å². The highest BCUT2D eigenvalue weighted by Gasteiger charge is 2.29. The molecule has 0 fully saturated rings. The van der Waals surface area contributed by atoms with Crippen LogP contribution in [-0.4, -0.2) is 18.2 Å². The Hall–Kier alpha value is -2.62. The maximum Gasteiger partial charge on any atom is 0.176 e. The number of hydrogen-bond donors (Lipinski definition) is 1. The molecule has 2 heterocycles. The summed E-state index contributed by atoms with van der Waals surface area (Å²) in [6, 6.07) is 18.6. The third-order valence-corrected chi connectivity index (χ3v) is 3.57. The van der Waals surface area contributed by atoms with E-state index in [0.29, 0.717) is 6.67 Å². The Bertz CT molecular complexity index is 703. The smallest absolute Gasteiger partial charge is 0.176 e. The van der Waals surface area contributed by atoms with E-state index in [4.69, 9.17) is 4.99 Å². The SMILES string of the molecule is c1ccc(CC2=Nc3ccccc3N3CNN=C23)cc1. The lowest BCUT2D eigenvalue weighted by atomic mass is 10.1. The topological polar surface area (TPSA) is 40.0 Å². The van der Waals surface area contributed by atoms with E-state index in [-0.39, 0.29) is 0 Å². The number of anilines is 1. The van der Waals surface area contributed by atoms with Gasteiger partial charge in [0.05, 0.1) is 17.1 Å². The summed E-state index contributed by atoms with van der Waals surface area (Å²) in [6.45, 7) is 0.708. The Morgan fingerprint density at radius 3 is 2.70 bits per heavy atom. The van der Waals surface area contributed by atoms with Crippen molar-refractivity contribution in [1.82, 2.24) is 5.43 Å². The quantitative estimate of drug-likeness (QED) is 0.904. The fraction of sp³-hybridized carbons (Fsp3) is 0.125. The second-order valence-corrected chi connectivity index (χ2v) is 4.89. The van der Waals surface area contributed by atoms with E-state index >= 15 is 0 Å². The van der Waals surface area contributed by atoms with Crippen molar-refractivity contribution in [3.63, 3.8) is 0 Å². The summed E-state index contributed by atoms with van der Waals surface area (Å²) in [4.78, 5) is 6.97. The van der Waals surface area contributed by atoms with Gasteiger partial charge < -0.3 is 4.90 Å². The first-order chi connectivity index (χ1) is 9.92. The molecule has 4 nitrogen and oxygen atoms in total. The standard InChI is InChI=1S/C16H14N4/c1-2-6-12(7-3-1)10-14-16-19-17-11-20(16)15-9-5-4-8-13(15)18-14/h1-9,17H,10-11H2. The molecule has 0 aliphatic carbocycles. The Balaban J connectivity index is 1.77. The van der Waals surface area contributed by atoms with Crippen molar-refractivity contribution >= 4 is 22.9 Å². The van der Waals surface area contributed by atoms with Crippen LogP contribution >= 0.6 is 0 Å². The lowest BCUT2D eigenvalue weighted by Crippen LogP contribution is -2.37.